The van der Waals surface area contributed by atoms with E-state index in [1.54, 1.807) is 0 Å². The van der Waals surface area contributed by atoms with Gasteiger partial charge in [-0.25, -0.2) is 0 Å². The SMILES string of the molecule is O=C[O-].O=C[O-].OC[C@@H](O)[C@@H](O)[C@H](O)[C@@H](O)CO.[Cu+2]. The minimum Gasteiger partial charge on any atom is -0.554 e. The van der Waals surface area contributed by atoms with Crippen molar-refractivity contribution in [1.82, 2.24) is 0 Å². The van der Waals surface area contributed by atoms with Crippen molar-refractivity contribution in [3.05, 3.63) is 0 Å². The van der Waals surface area contributed by atoms with Crippen molar-refractivity contribution in [2.45, 2.75) is 24.4 Å². The van der Waals surface area contributed by atoms with Gasteiger partial charge in [-0.3, -0.25) is 0 Å². The molecule has 4 atom stereocenters. The first-order chi connectivity index (χ1) is 8.37. The monoisotopic (exact) mass is 335 g/mol. The summed E-state index contributed by atoms with van der Waals surface area (Å²) in [6, 6.07) is 0. The van der Waals surface area contributed by atoms with E-state index in [0.717, 1.165) is 0 Å². The van der Waals surface area contributed by atoms with Crippen molar-refractivity contribution in [2.24, 2.45) is 0 Å². The van der Waals surface area contributed by atoms with E-state index in [1.807, 2.05) is 0 Å². The summed E-state index contributed by atoms with van der Waals surface area (Å²) in [5, 5.41) is 68.7. The second kappa shape index (κ2) is 19.6. The summed E-state index contributed by atoms with van der Waals surface area (Å²) in [6.45, 7) is -2.45. The summed E-state index contributed by atoms with van der Waals surface area (Å²) >= 11 is 0. The van der Waals surface area contributed by atoms with E-state index in [0.29, 0.717) is 0 Å². The number of hydrogen-bond acceptors (Lipinski definition) is 10. The average Bonchev–Trinajstić information content (AvgIpc) is 2.36. The van der Waals surface area contributed by atoms with E-state index in [-0.39, 0.29) is 17.1 Å². The molecule has 19 heavy (non-hydrogen) atoms. The number of aliphatic hydroxyl groups is 6. The van der Waals surface area contributed by atoms with Gasteiger partial charge in [0.25, 0.3) is 0 Å². The van der Waals surface area contributed by atoms with E-state index in [9.17, 15) is 0 Å². The molecule has 6 N–H and O–H groups in total. The molecule has 0 aromatic heterocycles. The minimum atomic E-state index is -1.67. The second-order valence-corrected chi connectivity index (χ2v) is 2.67. The zero-order chi connectivity index (χ0) is 15.1. The summed E-state index contributed by atoms with van der Waals surface area (Å²) < 4.78 is 0. The third kappa shape index (κ3) is 17.2. The third-order valence-corrected chi connectivity index (χ3v) is 1.51. The van der Waals surface area contributed by atoms with Gasteiger partial charge in [0.15, 0.2) is 0 Å². The fraction of sp³-hybridized carbons (Fsp3) is 0.750. The molecule has 0 fully saturated rings. The van der Waals surface area contributed by atoms with E-state index >= 15 is 0 Å². The maximum Gasteiger partial charge on any atom is 2.00 e. The average molecular weight is 336 g/mol. The molecule has 0 heterocycles. The van der Waals surface area contributed by atoms with Crippen LogP contribution in [0.2, 0.25) is 0 Å². The van der Waals surface area contributed by atoms with Crippen molar-refractivity contribution < 1.29 is 67.5 Å². The maximum absolute atomic E-state index is 8.96. The molecular weight excluding hydrogens is 320 g/mol. The Hall–Kier alpha value is -0.781. The van der Waals surface area contributed by atoms with Gasteiger partial charge in [0.1, 0.15) is 24.4 Å². The predicted molar refractivity (Wildman–Crippen MR) is 50.3 cm³/mol. The van der Waals surface area contributed by atoms with Crippen molar-refractivity contribution in [1.29, 1.82) is 0 Å². The van der Waals surface area contributed by atoms with Crippen LogP contribution in [-0.2, 0) is 26.7 Å². The van der Waals surface area contributed by atoms with E-state index in [2.05, 4.69) is 0 Å². The van der Waals surface area contributed by atoms with Crippen LogP contribution in [0.3, 0.4) is 0 Å². The van der Waals surface area contributed by atoms with Crippen LogP contribution in [0.25, 0.3) is 0 Å². The summed E-state index contributed by atoms with van der Waals surface area (Å²) in [6.07, 6.45) is -6.39. The van der Waals surface area contributed by atoms with Gasteiger partial charge in [-0.2, -0.15) is 0 Å². The normalized spacial score (nSPS) is 14.8. The quantitative estimate of drug-likeness (QED) is 0.207. The molecule has 0 aliphatic carbocycles. The summed E-state index contributed by atoms with van der Waals surface area (Å²) in [4.78, 5) is 16.5. The summed E-state index contributed by atoms with van der Waals surface area (Å²) in [5.74, 6) is 0. The minimum absolute atomic E-state index is 0. The summed E-state index contributed by atoms with van der Waals surface area (Å²) in [5.41, 5.74) is 0. The van der Waals surface area contributed by atoms with Crippen LogP contribution >= 0.6 is 0 Å². The number of aliphatic hydroxyl groups excluding tert-OH is 6. The Morgan fingerprint density at radius 3 is 1.05 bits per heavy atom. The molecule has 0 saturated carbocycles. The molecule has 0 amide bonds. The van der Waals surface area contributed by atoms with E-state index < -0.39 is 50.6 Å². The standard InChI is InChI=1S/C6H14O6.2CH2O2.Cu/c7-1-3(9)5(11)6(12)4(10)2-8;2*2-1-3;/h3-12H,1-2H2;2*1H,(H,2,3);/q;;;+2/p-2/t3-,4+,5-,6-;;;/m1.../s1. The largest absolute Gasteiger partial charge is 2.00 e. The Balaban J connectivity index is -0.000000137. The van der Waals surface area contributed by atoms with Gasteiger partial charge in [-0.05, 0) is 0 Å². The molecule has 11 heteroatoms. The molecular formula is C8H16CuO10. The first kappa shape index (κ1) is 26.7. The molecule has 119 valence electrons. The number of carbonyl (C=O) groups excluding carboxylic acids is 2. The van der Waals surface area contributed by atoms with E-state index in [4.69, 9.17) is 50.4 Å². The van der Waals surface area contributed by atoms with Crippen molar-refractivity contribution in [2.75, 3.05) is 13.2 Å². The maximum atomic E-state index is 8.96. The Labute approximate surface area is 119 Å². The van der Waals surface area contributed by atoms with Gasteiger partial charge in [0.2, 0.25) is 0 Å². The Morgan fingerprint density at radius 1 is 0.789 bits per heavy atom. The van der Waals surface area contributed by atoms with Gasteiger partial charge in [-0.15, -0.1) is 0 Å². The van der Waals surface area contributed by atoms with Gasteiger partial charge in [-0.1, -0.05) is 0 Å². The Bertz CT molecular complexity index is 172. The number of hydrogen-bond donors (Lipinski definition) is 6. The molecule has 0 aromatic rings. The van der Waals surface area contributed by atoms with Crippen LogP contribution < -0.4 is 10.2 Å². The van der Waals surface area contributed by atoms with Crippen LogP contribution in [0.5, 0.6) is 0 Å². The van der Waals surface area contributed by atoms with Gasteiger partial charge in [0, 0.05) is 12.9 Å². The fourth-order valence-electron chi connectivity index (χ4n) is 0.671. The Morgan fingerprint density at radius 2 is 0.947 bits per heavy atom. The molecule has 0 aromatic carbocycles. The molecule has 0 aliphatic rings. The van der Waals surface area contributed by atoms with Gasteiger partial charge >= 0.3 is 17.1 Å². The fourth-order valence-corrected chi connectivity index (χ4v) is 0.671. The molecule has 0 spiro atoms. The van der Waals surface area contributed by atoms with Crippen LogP contribution in [-0.4, -0.2) is 81.2 Å². The zero-order valence-corrected chi connectivity index (χ0v) is 10.4. The van der Waals surface area contributed by atoms with Crippen LogP contribution in [0, 0.1) is 0 Å². The third-order valence-electron chi connectivity index (χ3n) is 1.51. The van der Waals surface area contributed by atoms with Crippen LogP contribution in [0.4, 0.5) is 0 Å². The molecule has 0 aliphatic heterocycles. The van der Waals surface area contributed by atoms with Crippen molar-refractivity contribution >= 4 is 12.9 Å². The van der Waals surface area contributed by atoms with Gasteiger partial charge in [0.05, 0.1) is 13.2 Å². The van der Waals surface area contributed by atoms with Crippen LogP contribution in [0.1, 0.15) is 0 Å². The molecule has 0 rings (SSSR count). The van der Waals surface area contributed by atoms with Crippen molar-refractivity contribution in [3.8, 4) is 0 Å². The Kier molecular flexibility index (Phi) is 27.5. The summed E-state index contributed by atoms with van der Waals surface area (Å²) in [7, 11) is 0. The van der Waals surface area contributed by atoms with Gasteiger partial charge < -0.3 is 50.4 Å². The number of rotatable bonds is 5. The first-order valence-corrected chi connectivity index (χ1v) is 4.42. The van der Waals surface area contributed by atoms with Crippen molar-refractivity contribution in [3.63, 3.8) is 0 Å². The zero-order valence-electron chi connectivity index (χ0n) is 9.50. The molecule has 0 saturated heterocycles. The number of carbonyl (C=O) groups is 2. The molecule has 1 radical (unpaired) electrons. The predicted octanol–water partition coefficient (Wildman–Crippen LogP) is -6.86. The first-order valence-electron chi connectivity index (χ1n) is 4.42. The topological polar surface area (TPSA) is 202 Å². The van der Waals surface area contributed by atoms with E-state index in [1.165, 1.54) is 0 Å². The second-order valence-electron chi connectivity index (χ2n) is 2.67. The number of carboxylic acid groups (broad SMARTS) is 2. The molecule has 0 bridgehead atoms. The smallest absolute Gasteiger partial charge is 0.554 e. The molecule has 0 unspecified atom stereocenters. The molecule has 10 nitrogen and oxygen atoms in total. The van der Waals surface area contributed by atoms with Crippen LogP contribution in [0.15, 0.2) is 0 Å².